The number of unbranched alkanes of at least 4 members (excludes halogenated alkanes) is 1. The summed E-state index contributed by atoms with van der Waals surface area (Å²) < 4.78 is 13.7. The number of anilines is 1. The van der Waals surface area contributed by atoms with E-state index in [9.17, 15) is 4.39 Å². The minimum absolute atomic E-state index is 0.122. The quantitative estimate of drug-likeness (QED) is 0.218. The van der Waals surface area contributed by atoms with E-state index in [1.165, 1.54) is 11.8 Å². The number of nitrogens with one attached hydrogen (secondary N) is 3. The van der Waals surface area contributed by atoms with Crippen molar-refractivity contribution in [2.45, 2.75) is 45.7 Å². The standard InChI is InChI=1S/C23H36FN7/c1-5-8-19(24)20(25)15-29-23-22(26-3)18(10-14-28-23)9-6-7-12-27-13-11-21-30-17(2)16-31(21)4/h5,8,10,14,16,21,27,30H,3,6-7,9,11-13,15,25H2,1-2,4H3,(H,28,29)/b8-5-,20-19+. The van der Waals surface area contributed by atoms with Gasteiger partial charge in [-0.05, 0) is 77.0 Å². The second-order valence-electron chi connectivity index (χ2n) is 7.69. The molecule has 2 heterocycles. The molecule has 0 saturated carbocycles. The number of aromatic nitrogens is 1. The van der Waals surface area contributed by atoms with Gasteiger partial charge in [-0.1, -0.05) is 6.08 Å². The zero-order valence-corrected chi connectivity index (χ0v) is 18.9. The van der Waals surface area contributed by atoms with Crippen LogP contribution in [0.1, 0.15) is 38.7 Å². The van der Waals surface area contributed by atoms with Gasteiger partial charge in [0, 0.05) is 25.1 Å². The first-order valence-electron chi connectivity index (χ1n) is 10.8. The van der Waals surface area contributed by atoms with Crippen LogP contribution in [0.5, 0.6) is 0 Å². The molecule has 1 aliphatic rings. The number of aryl methyl sites for hydroxylation is 1. The maximum atomic E-state index is 13.7. The first kappa shape index (κ1) is 24.4. The fourth-order valence-electron chi connectivity index (χ4n) is 3.52. The lowest BCUT2D eigenvalue weighted by Crippen LogP contribution is -2.36. The van der Waals surface area contributed by atoms with Gasteiger partial charge < -0.3 is 26.6 Å². The second-order valence-corrected chi connectivity index (χ2v) is 7.69. The molecule has 0 saturated heterocycles. The highest BCUT2D eigenvalue weighted by molar-refractivity contribution is 5.67. The Morgan fingerprint density at radius 1 is 1.42 bits per heavy atom. The van der Waals surface area contributed by atoms with Crippen molar-refractivity contribution in [3.05, 3.63) is 53.4 Å². The van der Waals surface area contributed by atoms with E-state index in [1.807, 2.05) is 6.07 Å². The molecule has 1 aromatic heterocycles. The average molecular weight is 430 g/mol. The molecule has 0 amide bonds. The van der Waals surface area contributed by atoms with E-state index in [2.05, 4.69) is 57.7 Å². The maximum absolute atomic E-state index is 13.7. The molecule has 0 fully saturated rings. The molecular formula is C23H36FN7. The SMILES string of the molecule is C=Nc1c(CCCCNCCC2NC(C)=CN2C)ccnc1NC/C(N)=C(F)/C=C\C. The summed E-state index contributed by atoms with van der Waals surface area (Å²) in [7, 11) is 2.10. The molecule has 1 atom stereocenters. The van der Waals surface area contributed by atoms with Crippen LogP contribution in [0.2, 0.25) is 0 Å². The largest absolute Gasteiger partial charge is 0.398 e. The number of halogens is 1. The summed E-state index contributed by atoms with van der Waals surface area (Å²) >= 11 is 0. The lowest BCUT2D eigenvalue weighted by molar-refractivity contribution is 0.307. The minimum atomic E-state index is -0.450. The predicted octanol–water partition coefficient (Wildman–Crippen LogP) is 3.57. The lowest BCUT2D eigenvalue weighted by Gasteiger charge is -2.21. The summed E-state index contributed by atoms with van der Waals surface area (Å²) in [5, 5.41) is 10.0. The molecule has 0 aliphatic carbocycles. The second kappa shape index (κ2) is 12.7. The minimum Gasteiger partial charge on any atom is -0.398 e. The topological polar surface area (TPSA) is 90.6 Å². The number of nitrogens with zero attached hydrogens (tertiary/aromatic N) is 3. The Bertz CT molecular complexity index is 816. The van der Waals surface area contributed by atoms with Gasteiger partial charge in [-0.3, -0.25) is 4.99 Å². The maximum Gasteiger partial charge on any atom is 0.152 e. The van der Waals surface area contributed by atoms with Crippen LogP contribution in [-0.2, 0) is 6.42 Å². The molecule has 1 aromatic rings. The summed E-state index contributed by atoms with van der Waals surface area (Å²) in [6, 6.07) is 1.96. The van der Waals surface area contributed by atoms with Crippen molar-refractivity contribution in [1.29, 1.82) is 0 Å². The van der Waals surface area contributed by atoms with E-state index < -0.39 is 5.83 Å². The normalized spacial score (nSPS) is 16.8. The fourth-order valence-corrected chi connectivity index (χ4v) is 3.52. The summed E-state index contributed by atoms with van der Waals surface area (Å²) in [6.45, 7) is 9.61. The van der Waals surface area contributed by atoms with Crippen molar-refractivity contribution in [3.63, 3.8) is 0 Å². The number of nitrogens with two attached hydrogens (primary N) is 1. The van der Waals surface area contributed by atoms with Gasteiger partial charge in [0.15, 0.2) is 5.82 Å². The van der Waals surface area contributed by atoms with Crippen LogP contribution < -0.4 is 21.7 Å². The average Bonchev–Trinajstić information content (AvgIpc) is 3.08. The van der Waals surface area contributed by atoms with Crippen molar-refractivity contribution >= 4 is 18.2 Å². The van der Waals surface area contributed by atoms with Crippen molar-refractivity contribution in [2.24, 2.45) is 10.7 Å². The van der Waals surface area contributed by atoms with Gasteiger partial charge in [0.05, 0.1) is 18.4 Å². The third-order valence-electron chi connectivity index (χ3n) is 5.16. The van der Waals surface area contributed by atoms with Crippen molar-refractivity contribution in [2.75, 3.05) is 32.0 Å². The predicted molar refractivity (Wildman–Crippen MR) is 128 cm³/mol. The highest BCUT2D eigenvalue weighted by Crippen LogP contribution is 2.28. The summed E-state index contributed by atoms with van der Waals surface area (Å²) in [6.07, 6.45) is 11.2. The molecule has 2 rings (SSSR count). The third-order valence-corrected chi connectivity index (χ3v) is 5.16. The first-order valence-corrected chi connectivity index (χ1v) is 10.8. The molecule has 0 bridgehead atoms. The van der Waals surface area contributed by atoms with Crippen LogP contribution in [0.4, 0.5) is 15.9 Å². The lowest BCUT2D eigenvalue weighted by atomic mass is 10.1. The van der Waals surface area contributed by atoms with Crippen LogP contribution in [0.25, 0.3) is 0 Å². The summed E-state index contributed by atoms with van der Waals surface area (Å²) in [5.41, 5.74) is 8.88. The molecular weight excluding hydrogens is 393 g/mol. The van der Waals surface area contributed by atoms with Gasteiger partial charge in [-0.15, -0.1) is 0 Å². The zero-order chi connectivity index (χ0) is 22.6. The van der Waals surface area contributed by atoms with Crippen LogP contribution in [0, 0.1) is 0 Å². The highest BCUT2D eigenvalue weighted by atomic mass is 19.1. The fraction of sp³-hybridized carbons (Fsp3) is 0.478. The van der Waals surface area contributed by atoms with Crippen LogP contribution in [-0.4, -0.2) is 49.4 Å². The van der Waals surface area contributed by atoms with Gasteiger partial charge >= 0.3 is 0 Å². The molecule has 5 N–H and O–H groups in total. The molecule has 170 valence electrons. The van der Waals surface area contributed by atoms with E-state index >= 15 is 0 Å². The Labute approximate surface area is 185 Å². The highest BCUT2D eigenvalue weighted by Gasteiger charge is 2.17. The van der Waals surface area contributed by atoms with Gasteiger partial charge in [-0.2, -0.15) is 0 Å². The van der Waals surface area contributed by atoms with Gasteiger partial charge in [0.2, 0.25) is 0 Å². The number of allylic oxidation sites excluding steroid dienone is 4. The van der Waals surface area contributed by atoms with Gasteiger partial charge in [-0.25, -0.2) is 9.37 Å². The molecule has 31 heavy (non-hydrogen) atoms. The number of hydrogen-bond acceptors (Lipinski definition) is 7. The van der Waals surface area contributed by atoms with E-state index in [0.29, 0.717) is 17.7 Å². The number of rotatable bonds is 13. The third kappa shape index (κ3) is 7.71. The van der Waals surface area contributed by atoms with Crippen molar-refractivity contribution < 1.29 is 4.39 Å². The van der Waals surface area contributed by atoms with Crippen molar-refractivity contribution in [1.82, 2.24) is 20.5 Å². The van der Waals surface area contributed by atoms with Crippen LogP contribution >= 0.6 is 0 Å². The van der Waals surface area contributed by atoms with Crippen molar-refractivity contribution in [3.8, 4) is 0 Å². The van der Waals surface area contributed by atoms with E-state index in [1.54, 1.807) is 19.2 Å². The Balaban J connectivity index is 1.74. The molecule has 7 nitrogen and oxygen atoms in total. The molecule has 8 heteroatoms. The number of pyridine rings is 1. The molecule has 0 radical (unpaired) electrons. The monoisotopic (exact) mass is 429 g/mol. The van der Waals surface area contributed by atoms with E-state index in [-0.39, 0.29) is 12.2 Å². The molecule has 0 aromatic carbocycles. The zero-order valence-electron chi connectivity index (χ0n) is 18.9. The van der Waals surface area contributed by atoms with E-state index in [0.717, 1.165) is 44.3 Å². The van der Waals surface area contributed by atoms with Gasteiger partial charge in [0.25, 0.3) is 0 Å². The Morgan fingerprint density at radius 2 is 2.23 bits per heavy atom. The number of hydrogen-bond donors (Lipinski definition) is 4. The Morgan fingerprint density at radius 3 is 2.90 bits per heavy atom. The number of aliphatic imine (C=N–C) groups is 1. The molecule has 1 aliphatic heterocycles. The molecule has 1 unspecified atom stereocenters. The summed E-state index contributed by atoms with van der Waals surface area (Å²) in [4.78, 5) is 10.7. The van der Waals surface area contributed by atoms with E-state index in [4.69, 9.17) is 5.73 Å². The smallest absolute Gasteiger partial charge is 0.152 e. The first-order chi connectivity index (χ1) is 15.0. The van der Waals surface area contributed by atoms with Gasteiger partial charge in [0.1, 0.15) is 11.5 Å². The Kier molecular flexibility index (Phi) is 10.0. The Hall–Kier alpha value is -2.87. The van der Waals surface area contributed by atoms with Crippen LogP contribution in [0.3, 0.4) is 0 Å². The molecule has 0 spiro atoms. The summed E-state index contributed by atoms with van der Waals surface area (Å²) in [5.74, 6) is 0.118. The van der Waals surface area contributed by atoms with Crippen LogP contribution in [0.15, 0.2) is 52.8 Å².